The average Bonchev–Trinajstić information content (AvgIpc) is 2.63. The summed E-state index contributed by atoms with van der Waals surface area (Å²) < 4.78 is 4.99. The van der Waals surface area contributed by atoms with E-state index in [2.05, 4.69) is 22.9 Å². The van der Waals surface area contributed by atoms with Crippen LogP contribution < -0.4 is 10.6 Å². The zero-order chi connectivity index (χ0) is 10.8. The fourth-order valence-corrected chi connectivity index (χ4v) is 1.31. The maximum atomic E-state index is 11.4. The molecule has 1 aliphatic rings. The van der Waals surface area contributed by atoms with Crippen LogP contribution in [0.2, 0.25) is 0 Å². The maximum Gasteiger partial charge on any atom is 0.263 e. The van der Waals surface area contributed by atoms with E-state index in [9.17, 15) is 9.59 Å². The van der Waals surface area contributed by atoms with E-state index in [4.69, 9.17) is 4.42 Å². The second-order valence-electron chi connectivity index (χ2n) is 2.81. The lowest BCUT2D eigenvalue weighted by Gasteiger charge is -2.15. The summed E-state index contributed by atoms with van der Waals surface area (Å²) in [6.07, 6.45) is 2.81. The Hall–Kier alpha value is -1.47. The van der Waals surface area contributed by atoms with Gasteiger partial charge in [-0.3, -0.25) is 20.2 Å². The van der Waals surface area contributed by atoms with E-state index in [-0.39, 0.29) is 27.7 Å². The summed E-state index contributed by atoms with van der Waals surface area (Å²) in [6, 6.07) is 3.30. The minimum Gasteiger partial charge on any atom is -0.465 e. The van der Waals surface area contributed by atoms with Gasteiger partial charge >= 0.3 is 0 Å². The van der Waals surface area contributed by atoms with E-state index in [1.807, 2.05) is 0 Å². The first-order valence-electron chi connectivity index (χ1n) is 4.08. The quantitative estimate of drug-likeness (QED) is 0.457. The number of amides is 2. The molecule has 2 amide bonds. The number of rotatable bonds is 1. The van der Waals surface area contributed by atoms with Crippen LogP contribution in [0, 0.1) is 0 Å². The molecule has 0 bridgehead atoms. The van der Waals surface area contributed by atoms with E-state index in [0.717, 1.165) is 0 Å². The van der Waals surface area contributed by atoms with Crippen molar-refractivity contribution in [1.29, 1.82) is 0 Å². The van der Waals surface area contributed by atoms with Gasteiger partial charge in [0.05, 0.1) is 6.26 Å². The van der Waals surface area contributed by atoms with Crippen molar-refractivity contribution in [3.8, 4) is 0 Å². The third-order valence-electron chi connectivity index (χ3n) is 1.77. The Balaban J connectivity index is 0.00000128. The Morgan fingerprint density at radius 1 is 1.25 bits per heavy atom. The van der Waals surface area contributed by atoms with Crippen molar-refractivity contribution in [3.05, 3.63) is 29.7 Å². The monoisotopic (exact) mass is 302 g/mol. The smallest absolute Gasteiger partial charge is 0.263 e. The predicted molar refractivity (Wildman–Crippen MR) is 65.9 cm³/mol. The highest BCUT2D eigenvalue weighted by atomic mass is 79.9. The number of hydrogen-bond donors (Lipinski definition) is 2. The van der Waals surface area contributed by atoms with Gasteiger partial charge in [-0.1, -0.05) is 0 Å². The van der Waals surface area contributed by atoms with Gasteiger partial charge in [-0.2, -0.15) is 0 Å². The zero-order valence-corrected chi connectivity index (χ0v) is 10.4. The molecular weight excluding hydrogens is 296 g/mol. The van der Waals surface area contributed by atoms with Gasteiger partial charge in [0.15, 0.2) is 5.11 Å². The minimum absolute atomic E-state index is 0. The van der Waals surface area contributed by atoms with Gasteiger partial charge in [0.1, 0.15) is 11.3 Å². The summed E-state index contributed by atoms with van der Waals surface area (Å²) >= 11 is 4.65. The second-order valence-corrected chi connectivity index (χ2v) is 3.22. The van der Waals surface area contributed by atoms with E-state index < -0.39 is 11.8 Å². The average molecular weight is 303 g/mol. The van der Waals surface area contributed by atoms with Crippen molar-refractivity contribution in [2.24, 2.45) is 0 Å². The first kappa shape index (κ1) is 12.6. The van der Waals surface area contributed by atoms with Crippen LogP contribution in [0.4, 0.5) is 0 Å². The minimum atomic E-state index is -0.528. The molecular formula is C9H7BrN2O3S. The van der Waals surface area contributed by atoms with Gasteiger partial charge in [0.2, 0.25) is 0 Å². The van der Waals surface area contributed by atoms with Gasteiger partial charge in [0, 0.05) is 0 Å². The van der Waals surface area contributed by atoms with E-state index >= 15 is 0 Å². The third kappa shape index (κ3) is 2.56. The number of carbonyl (C=O) groups is 2. The molecule has 0 unspecified atom stereocenters. The fraction of sp³-hybridized carbons (Fsp3) is 0. The van der Waals surface area contributed by atoms with Crippen molar-refractivity contribution >= 4 is 52.2 Å². The molecule has 0 saturated carbocycles. The molecule has 7 heteroatoms. The van der Waals surface area contributed by atoms with E-state index in [0.29, 0.717) is 5.76 Å². The van der Waals surface area contributed by atoms with Gasteiger partial charge in [-0.25, -0.2) is 0 Å². The number of furan rings is 1. The van der Waals surface area contributed by atoms with Crippen LogP contribution in [-0.4, -0.2) is 16.9 Å². The summed E-state index contributed by atoms with van der Waals surface area (Å²) in [5, 5.41) is 4.66. The van der Waals surface area contributed by atoms with Crippen molar-refractivity contribution < 1.29 is 14.0 Å². The van der Waals surface area contributed by atoms with Crippen LogP contribution in [0.3, 0.4) is 0 Å². The molecule has 84 valence electrons. The molecule has 2 N–H and O–H groups in total. The Morgan fingerprint density at radius 2 is 1.88 bits per heavy atom. The number of nitrogens with one attached hydrogen (secondary N) is 2. The molecule has 16 heavy (non-hydrogen) atoms. The van der Waals surface area contributed by atoms with Crippen LogP contribution in [0.25, 0.3) is 6.08 Å². The van der Waals surface area contributed by atoms with Crippen LogP contribution in [-0.2, 0) is 9.59 Å². The summed E-state index contributed by atoms with van der Waals surface area (Å²) in [5.41, 5.74) is -0.0291. The van der Waals surface area contributed by atoms with Gasteiger partial charge in [-0.05, 0) is 30.4 Å². The predicted octanol–water partition coefficient (Wildman–Crippen LogP) is 0.772. The van der Waals surface area contributed by atoms with Crippen LogP contribution in [0.5, 0.6) is 0 Å². The standard InChI is InChI=1S/C9H6N2O3S.BrH/c12-7-6(4-5-2-1-3-14-5)8(13)11-9(15)10-7;/h1-4H,(H2,10,11,12,13,15);1H. The SMILES string of the molecule is Br.O=C1NC(=S)NC(=O)C1=Cc1ccco1. The van der Waals surface area contributed by atoms with Gasteiger partial charge in [-0.15, -0.1) is 17.0 Å². The fourth-order valence-electron chi connectivity index (χ4n) is 1.12. The van der Waals surface area contributed by atoms with Crippen LogP contribution in [0.1, 0.15) is 5.76 Å². The number of thiocarbonyl (C=S) groups is 1. The van der Waals surface area contributed by atoms with Crippen molar-refractivity contribution in [2.45, 2.75) is 0 Å². The molecule has 1 aromatic rings. The number of carbonyl (C=O) groups excluding carboxylic acids is 2. The Morgan fingerprint density at radius 3 is 2.38 bits per heavy atom. The molecule has 1 aliphatic heterocycles. The lowest BCUT2D eigenvalue weighted by molar-refractivity contribution is -0.123. The molecule has 0 radical (unpaired) electrons. The van der Waals surface area contributed by atoms with Crippen molar-refractivity contribution in [1.82, 2.24) is 10.6 Å². The lowest BCUT2D eigenvalue weighted by atomic mass is 10.1. The topological polar surface area (TPSA) is 71.3 Å². The van der Waals surface area contributed by atoms with Crippen LogP contribution >= 0.6 is 29.2 Å². The third-order valence-corrected chi connectivity index (χ3v) is 1.98. The summed E-state index contributed by atoms with van der Waals surface area (Å²) in [7, 11) is 0. The van der Waals surface area contributed by atoms with Gasteiger partial charge < -0.3 is 4.42 Å². The first-order valence-corrected chi connectivity index (χ1v) is 4.49. The van der Waals surface area contributed by atoms with E-state index in [1.54, 1.807) is 12.1 Å². The maximum absolute atomic E-state index is 11.4. The number of halogens is 1. The second kappa shape index (κ2) is 5.04. The molecule has 0 spiro atoms. The molecule has 2 heterocycles. The van der Waals surface area contributed by atoms with Crippen LogP contribution in [0.15, 0.2) is 28.4 Å². The first-order chi connectivity index (χ1) is 7.16. The molecule has 1 fully saturated rings. The van der Waals surface area contributed by atoms with E-state index in [1.165, 1.54) is 12.3 Å². The molecule has 1 aromatic heterocycles. The van der Waals surface area contributed by atoms with Gasteiger partial charge in [0.25, 0.3) is 11.8 Å². The van der Waals surface area contributed by atoms with Crippen molar-refractivity contribution in [3.63, 3.8) is 0 Å². The van der Waals surface area contributed by atoms with Crippen molar-refractivity contribution in [2.75, 3.05) is 0 Å². The summed E-state index contributed by atoms with van der Waals surface area (Å²) in [6.45, 7) is 0. The highest BCUT2D eigenvalue weighted by molar-refractivity contribution is 8.93. The molecule has 0 aromatic carbocycles. The summed E-state index contributed by atoms with van der Waals surface area (Å²) in [5.74, 6) is -0.622. The molecule has 2 rings (SSSR count). The molecule has 1 saturated heterocycles. The largest absolute Gasteiger partial charge is 0.465 e. The molecule has 0 atom stereocenters. The highest BCUT2D eigenvalue weighted by Gasteiger charge is 2.25. The Labute approximate surface area is 107 Å². The summed E-state index contributed by atoms with van der Waals surface area (Å²) in [4.78, 5) is 22.7. The Bertz CT molecular complexity index is 445. The lowest BCUT2D eigenvalue weighted by Crippen LogP contribution is -2.51. The highest BCUT2D eigenvalue weighted by Crippen LogP contribution is 2.09. The normalized spacial score (nSPS) is 15.0. The Kier molecular flexibility index (Phi) is 3.97. The number of hydrogen-bond acceptors (Lipinski definition) is 4. The molecule has 0 aliphatic carbocycles. The zero-order valence-electron chi connectivity index (χ0n) is 7.85. The molecule has 5 nitrogen and oxygen atoms in total.